The van der Waals surface area contributed by atoms with Gasteiger partial charge in [0.15, 0.2) is 11.5 Å². The van der Waals surface area contributed by atoms with Gasteiger partial charge in [0, 0.05) is 6.54 Å². The average Bonchev–Trinajstić information content (AvgIpc) is 3.08. The highest BCUT2D eigenvalue weighted by Crippen LogP contribution is 2.39. The predicted octanol–water partition coefficient (Wildman–Crippen LogP) is 1.49. The molecule has 0 aromatic heterocycles. The first-order valence-corrected chi connectivity index (χ1v) is 7.03. The van der Waals surface area contributed by atoms with Gasteiger partial charge in [-0.25, -0.2) is 4.79 Å². The lowest BCUT2D eigenvalue weighted by atomic mass is 9.87. The fourth-order valence-corrected chi connectivity index (χ4v) is 2.79. The third-order valence-electron chi connectivity index (χ3n) is 4.02. The van der Waals surface area contributed by atoms with Gasteiger partial charge in [-0.2, -0.15) is 5.26 Å². The summed E-state index contributed by atoms with van der Waals surface area (Å²) in [5.41, 5.74) is -0.467. The summed E-state index contributed by atoms with van der Waals surface area (Å²) >= 11 is 0. The van der Waals surface area contributed by atoms with Crippen LogP contribution in [0.4, 0.5) is 4.79 Å². The predicted molar refractivity (Wildman–Crippen MR) is 75.0 cm³/mol. The highest BCUT2D eigenvalue weighted by Gasteiger charge is 2.51. The molecule has 0 aliphatic carbocycles. The summed E-state index contributed by atoms with van der Waals surface area (Å²) < 4.78 is 10.6. The Bertz CT molecular complexity index is 682. The topological polar surface area (TPSA) is 91.7 Å². The SMILES string of the molecule is CCC1(c2ccc3c(c2)OCO3)NC(=O)N(CCC#N)C1=O. The molecule has 114 valence electrons. The van der Waals surface area contributed by atoms with Crippen molar-refractivity contribution in [3.63, 3.8) is 0 Å². The van der Waals surface area contributed by atoms with E-state index in [9.17, 15) is 9.59 Å². The van der Waals surface area contributed by atoms with Crippen molar-refractivity contribution in [2.24, 2.45) is 0 Å². The molecule has 2 heterocycles. The maximum atomic E-state index is 12.7. The number of carbonyl (C=O) groups excluding carboxylic acids is 2. The Balaban J connectivity index is 1.97. The molecule has 2 aliphatic rings. The minimum Gasteiger partial charge on any atom is -0.454 e. The maximum Gasteiger partial charge on any atom is 0.325 e. The summed E-state index contributed by atoms with van der Waals surface area (Å²) in [6, 6.07) is 6.67. The van der Waals surface area contributed by atoms with Gasteiger partial charge in [0.25, 0.3) is 5.91 Å². The van der Waals surface area contributed by atoms with Crippen molar-refractivity contribution >= 4 is 11.9 Å². The number of nitriles is 1. The summed E-state index contributed by atoms with van der Waals surface area (Å²) in [7, 11) is 0. The number of hydrogen-bond donors (Lipinski definition) is 1. The first-order chi connectivity index (χ1) is 10.6. The van der Waals surface area contributed by atoms with Gasteiger partial charge in [0.2, 0.25) is 6.79 Å². The van der Waals surface area contributed by atoms with E-state index in [1.807, 2.05) is 13.0 Å². The molecule has 3 rings (SSSR count). The van der Waals surface area contributed by atoms with E-state index >= 15 is 0 Å². The molecule has 1 atom stereocenters. The fourth-order valence-electron chi connectivity index (χ4n) is 2.79. The minimum absolute atomic E-state index is 0.0907. The summed E-state index contributed by atoms with van der Waals surface area (Å²) in [5.74, 6) is 0.838. The number of hydrogen-bond acceptors (Lipinski definition) is 5. The molecule has 0 bridgehead atoms. The molecule has 1 saturated heterocycles. The number of ether oxygens (including phenoxy) is 2. The van der Waals surface area contributed by atoms with Crippen LogP contribution in [-0.4, -0.2) is 30.2 Å². The highest BCUT2D eigenvalue weighted by atomic mass is 16.7. The van der Waals surface area contributed by atoms with E-state index in [4.69, 9.17) is 14.7 Å². The van der Waals surface area contributed by atoms with Crippen LogP contribution >= 0.6 is 0 Å². The van der Waals surface area contributed by atoms with Crippen molar-refractivity contribution in [3.05, 3.63) is 23.8 Å². The standard InChI is InChI=1S/C15H15N3O4/c1-2-15(10-4-5-11-12(8-10)22-9-21-11)13(19)18(7-3-6-16)14(20)17-15/h4-5,8H,2-3,7,9H2,1H3,(H,17,20). The molecule has 1 unspecified atom stereocenters. The van der Waals surface area contributed by atoms with Crippen LogP contribution in [0.15, 0.2) is 18.2 Å². The Kier molecular flexibility index (Phi) is 3.37. The van der Waals surface area contributed by atoms with Crippen molar-refractivity contribution in [2.75, 3.05) is 13.3 Å². The lowest BCUT2D eigenvalue weighted by Gasteiger charge is -2.25. The van der Waals surface area contributed by atoms with Gasteiger partial charge >= 0.3 is 6.03 Å². The number of carbonyl (C=O) groups is 2. The van der Waals surface area contributed by atoms with E-state index in [2.05, 4.69) is 5.32 Å². The Labute approximate surface area is 127 Å². The van der Waals surface area contributed by atoms with E-state index in [1.165, 1.54) is 0 Å². The Morgan fingerprint density at radius 2 is 2.14 bits per heavy atom. The highest BCUT2D eigenvalue weighted by molar-refractivity contribution is 6.07. The molecule has 0 saturated carbocycles. The Hall–Kier alpha value is -2.75. The van der Waals surface area contributed by atoms with Gasteiger partial charge in [0.05, 0.1) is 12.5 Å². The van der Waals surface area contributed by atoms with Crippen LogP contribution in [0.3, 0.4) is 0 Å². The molecule has 0 spiro atoms. The van der Waals surface area contributed by atoms with E-state index < -0.39 is 11.6 Å². The van der Waals surface area contributed by atoms with Crippen LogP contribution in [-0.2, 0) is 10.3 Å². The number of imide groups is 1. The largest absolute Gasteiger partial charge is 0.454 e. The monoisotopic (exact) mass is 301 g/mol. The number of nitrogens with one attached hydrogen (secondary N) is 1. The Morgan fingerprint density at radius 3 is 2.86 bits per heavy atom. The molecule has 22 heavy (non-hydrogen) atoms. The first-order valence-electron chi connectivity index (χ1n) is 7.03. The lowest BCUT2D eigenvalue weighted by Crippen LogP contribution is -2.43. The second kappa shape index (κ2) is 5.22. The molecule has 3 amide bonds. The molecular weight excluding hydrogens is 286 g/mol. The average molecular weight is 301 g/mol. The third-order valence-corrected chi connectivity index (χ3v) is 4.02. The molecule has 1 fully saturated rings. The van der Waals surface area contributed by atoms with Crippen LogP contribution in [0.25, 0.3) is 0 Å². The summed E-state index contributed by atoms with van der Waals surface area (Å²) in [4.78, 5) is 25.9. The smallest absolute Gasteiger partial charge is 0.325 e. The summed E-state index contributed by atoms with van der Waals surface area (Å²) in [5, 5.41) is 11.4. The number of benzene rings is 1. The minimum atomic E-state index is -1.12. The van der Waals surface area contributed by atoms with Crippen molar-refractivity contribution < 1.29 is 19.1 Å². The molecule has 7 heteroatoms. The number of fused-ring (bicyclic) bond motifs is 1. The van der Waals surface area contributed by atoms with Crippen molar-refractivity contribution in [1.29, 1.82) is 5.26 Å². The Morgan fingerprint density at radius 1 is 1.36 bits per heavy atom. The van der Waals surface area contributed by atoms with Crippen molar-refractivity contribution in [3.8, 4) is 17.6 Å². The van der Waals surface area contributed by atoms with Crippen LogP contribution in [0, 0.1) is 11.3 Å². The van der Waals surface area contributed by atoms with Crippen LogP contribution in [0.5, 0.6) is 11.5 Å². The van der Waals surface area contributed by atoms with Crippen molar-refractivity contribution in [2.45, 2.75) is 25.3 Å². The third kappa shape index (κ3) is 1.96. The summed E-state index contributed by atoms with van der Waals surface area (Å²) in [6.07, 6.45) is 0.514. The molecular formula is C15H15N3O4. The number of rotatable bonds is 4. The van der Waals surface area contributed by atoms with Gasteiger partial charge in [0.1, 0.15) is 5.54 Å². The second-order valence-corrected chi connectivity index (χ2v) is 5.12. The van der Waals surface area contributed by atoms with E-state index in [0.717, 1.165) is 4.90 Å². The van der Waals surface area contributed by atoms with E-state index in [-0.39, 0.29) is 25.7 Å². The first kappa shape index (κ1) is 14.2. The molecule has 1 N–H and O–H groups in total. The summed E-state index contributed by atoms with van der Waals surface area (Å²) in [6.45, 7) is 2.07. The van der Waals surface area contributed by atoms with E-state index in [0.29, 0.717) is 23.5 Å². The zero-order valence-corrected chi connectivity index (χ0v) is 12.1. The maximum absolute atomic E-state index is 12.7. The molecule has 0 radical (unpaired) electrons. The molecule has 2 aliphatic heterocycles. The van der Waals surface area contributed by atoms with Gasteiger partial charge in [-0.1, -0.05) is 13.0 Å². The zero-order valence-electron chi connectivity index (χ0n) is 12.1. The number of urea groups is 1. The normalized spacial score (nSPS) is 22.6. The second-order valence-electron chi connectivity index (χ2n) is 5.12. The fraction of sp³-hybridized carbons (Fsp3) is 0.400. The van der Waals surface area contributed by atoms with Crippen LogP contribution in [0.1, 0.15) is 25.3 Å². The van der Waals surface area contributed by atoms with Gasteiger partial charge in [-0.15, -0.1) is 0 Å². The number of nitrogens with zero attached hydrogens (tertiary/aromatic N) is 2. The van der Waals surface area contributed by atoms with Crippen LogP contribution in [0.2, 0.25) is 0 Å². The molecule has 1 aromatic carbocycles. The lowest BCUT2D eigenvalue weighted by molar-refractivity contribution is -0.131. The molecule has 1 aromatic rings. The van der Waals surface area contributed by atoms with Crippen molar-refractivity contribution in [1.82, 2.24) is 10.2 Å². The van der Waals surface area contributed by atoms with Gasteiger partial charge < -0.3 is 14.8 Å². The molecule has 7 nitrogen and oxygen atoms in total. The van der Waals surface area contributed by atoms with E-state index in [1.54, 1.807) is 18.2 Å². The zero-order chi connectivity index (χ0) is 15.7. The van der Waals surface area contributed by atoms with Gasteiger partial charge in [-0.05, 0) is 24.1 Å². The number of amides is 3. The van der Waals surface area contributed by atoms with Gasteiger partial charge in [-0.3, -0.25) is 9.69 Å². The van der Waals surface area contributed by atoms with Crippen LogP contribution < -0.4 is 14.8 Å². The quantitative estimate of drug-likeness (QED) is 0.851.